The van der Waals surface area contributed by atoms with Gasteiger partial charge in [-0.15, -0.1) is 0 Å². The number of nitrogens with zero attached hydrogens (tertiary/aromatic N) is 1. The van der Waals surface area contributed by atoms with Crippen molar-refractivity contribution in [2.45, 2.75) is 32.1 Å². The zero-order valence-electron chi connectivity index (χ0n) is 8.82. The summed E-state index contributed by atoms with van der Waals surface area (Å²) in [7, 11) is 0. The highest BCUT2D eigenvalue weighted by Crippen LogP contribution is 2.41. The fourth-order valence-electron chi connectivity index (χ4n) is 2.34. The number of piperidine rings is 1. The van der Waals surface area contributed by atoms with Crippen molar-refractivity contribution in [2.75, 3.05) is 13.1 Å². The SMILES string of the molecule is O=C(O)CCN1CCC(C2CC2)CC1=O. The predicted octanol–water partition coefficient (Wildman–Crippen LogP) is 1.11. The Kier molecular flexibility index (Phi) is 2.93. The zero-order chi connectivity index (χ0) is 10.8. The van der Waals surface area contributed by atoms with Crippen LogP contribution in [-0.4, -0.2) is 35.0 Å². The maximum absolute atomic E-state index is 11.7. The summed E-state index contributed by atoms with van der Waals surface area (Å²) in [5.74, 6) is 0.695. The molecular formula is C11H17NO3. The van der Waals surface area contributed by atoms with E-state index in [2.05, 4.69) is 0 Å². The van der Waals surface area contributed by atoms with Crippen LogP contribution in [0.15, 0.2) is 0 Å². The minimum atomic E-state index is -0.827. The molecule has 2 aliphatic rings. The van der Waals surface area contributed by atoms with Crippen LogP contribution in [0.2, 0.25) is 0 Å². The van der Waals surface area contributed by atoms with Crippen LogP contribution in [-0.2, 0) is 9.59 Å². The van der Waals surface area contributed by atoms with E-state index < -0.39 is 5.97 Å². The zero-order valence-corrected chi connectivity index (χ0v) is 8.82. The number of carboxylic acids is 1. The van der Waals surface area contributed by atoms with Crippen molar-refractivity contribution in [3.63, 3.8) is 0 Å². The predicted molar refractivity (Wildman–Crippen MR) is 54.3 cm³/mol. The third-order valence-electron chi connectivity index (χ3n) is 3.44. The van der Waals surface area contributed by atoms with Gasteiger partial charge in [0.25, 0.3) is 0 Å². The van der Waals surface area contributed by atoms with Crippen LogP contribution in [0.1, 0.15) is 32.1 Å². The molecule has 1 unspecified atom stereocenters. The van der Waals surface area contributed by atoms with E-state index in [-0.39, 0.29) is 12.3 Å². The molecule has 0 radical (unpaired) electrons. The van der Waals surface area contributed by atoms with Crippen LogP contribution in [0.4, 0.5) is 0 Å². The molecule has 84 valence electrons. The van der Waals surface area contributed by atoms with E-state index in [1.165, 1.54) is 12.8 Å². The van der Waals surface area contributed by atoms with Gasteiger partial charge in [-0.1, -0.05) is 0 Å². The molecule has 1 heterocycles. The number of rotatable bonds is 4. The quantitative estimate of drug-likeness (QED) is 0.757. The normalized spacial score (nSPS) is 26.8. The molecule has 4 nitrogen and oxygen atoms in total. The summed E-state index contributed by atoms with van der Waals surface area (Å²) in [5, 5.41) is 8.54. The lowest BCUT2D eigenvalue weighted by Gasteiger charge is -2.31. The standard InChI is InChI=1S/C11H17NO3/c13-10-7-9(8-1-2-8)3-5-12(10)6-4-11(14)15/h8-9H,1-7H2,(H,14,15). The molecule has 15 heavy (non-hydrogen) atoms. The van der Waals surface area contributed by atoms with Crippen molar-refractivity contribution in [1.29, 1.82) is 0 Å². The highest BCUT2D eigenvalue weighted by atomic mass is 16.4. The largest absolute Gasteiger partial charge is 0.481 e. The molecule has 1 N–H and O–H groups in total. The average molecular weight is 211 g/mol. The van der Waals surface area contributed by atoms with E-state index in [4.69, 9.17) is 5.11 Å². The molecule has 4 heteroatoms. The Hall–Kier alpha value is -1.06. The molecule has 1 saturated heterocycles. The van der Waals surface area contributed by atoms with Crippen LogP contribution in [0, 0.1) is 11.8 Å². The van der Waals surface area contributed by atoms with E-state index >= 15 is 0 Å². The molecule has 0 aromatic rings. The van der Waals surface area contributed by atoms with Gasteiger partial charge in [-0.2, -0.15) is 0 Å². The third-order valence-corrected chi connectivity index (χ3v) is 3.44. The Labute approximate surface area is 89.3 Å². The summed E-state index contributed by atoms with van der Waals surface area (Å²) < 4.78 is 0. The molecule has 1 saturated carbocycles. The Balaban J connectivity index is 1.78. The van der Waals surface area contributed by atoms with E-state index in [1.807, 2.05) is 0 Å². The van der Waals surface area contributed by atoms with E-state index in [0.717, 1.165) is 18.9 Å². The Morgan fingerprint density at radius 1 is 1.33 bits per heavy atom. The maximum Gasteiger partial charge on any atom is 0.305 e. The molecule has 2 rings (SSSR count). The van der Waals surface area contributed by atoms with Gasteiger partial charge in [0.15, 0.2) is 0 Å². The first-order valence-electron chi connectivity index (χ1n) is 5.66. The topological polar surface area (TPSA) is 57.6 Å². The second-order valence-corrected chi connectivity index (χ2v) is 4.61. The number of amides is 1. The number of carbonyl (C=O) groups excluding carboxylic acids is 1. The minimum Gasteiger partial charge on any atom is -0.481 e. The van der Waals surface area contributed by atoms with Crippen molar-refractivity contribution in [2.24, 2.45) is 11.8 Å². The monoisotopic (exact) mass is 211 g/mol. The van der Waals surface area contributed by atoms with Crippen LogP contribution in [0.3, 0.4) is 0 Å². The summed E-state index contributed by atoms with van der Waals surface area (Å²) in [5.41, 5.74) is 0. The molecule has 1 amide bonds. The summed E-state index contributed by atoms with van der Waals surface area (Å²) in [4.78, 5) is 23.8. The lowest BCUT2D eigenvalue weighted by molar-refractivity contribution is -0.139. The van der Waals surface area contributed by atoms with Crippen LogP contribution >= 0.6 is 0 Å². The number of likely N-dealkylation sites (tertiary alicyclic amines) is 1. The fraction of sp³-hybridized carbons (Fsp3) is 0.818. The Bertz CT molecular complexity index is 273. The van der Waals surface area contributed by atoms with Gasteiger partial charge in [0, 0.05) is 19.5 Å². The van der Waals surface area contributed by atoms with Crippen molar-refractivity contribution in [3.8, 4) is 0 Å². The molecule has 2 fully saturated rings. The van der Waals surface area contributed by atoms with E-state index in [9.17, 15) is 9.59 Å². The van der Waals surface area contributed by atoms with Crippen LogP contribution in [0.25, 0.3) is 0 Å². The van der Waals surface area contributed by atoms with Gasteiger partial charge in [-0.3, -0.25) is 9.59 Å². The lowest BCUT2D eigenvalue weighted by atomic mass is 9.91. The second kappa shape index (κ2) is 4.21. The van der Waals surface area contributed by atoms with Crippen molar-refractivity contribution in [3.05, 3.63) is 0 Å². The van der Waals surface area contributed by atoms with Crippen LogP contribution in [0.5, 0.6) is 0 Å². The molecule has 1 atom stereocenters. The number of hydrogen-bond donors (Lipinski definition) is 1. The average Bonchev–Trinajstić information content (AvgIpc) is 2.98. The highest BCUT2D eigenvalue weighted by Gasteiger charge is 2.36. The van der Waals surface area contributed by atoms with Gasteiger partial charge < -0.3 is 10.0 Å². The first-order chi connectivity index (χ1) is 7.16. The number of hydrogen-bond acceptors (Lipinski definition) is 2. The van der Waals surface area contributed by atoms with Crippen molar-refractivity contribution < 1.29 is 14.7 Å². The Morgan fingerprint density at radius 2 is 2.07 bits per heavy atom. The third kappa shape index (κ3) is 2.70. The summed E-state index contributed by atoms with van der Waals surface area (Å²) in [6, 6.07) is 0. The smallest absolute Gasteiger partial charge is 0.305 e. The lowest BCUT2D eigenvalue weighted by Crippen LogP contribution is -2.40. The number of carboxylic acid groups (broad SMARTS) is 1. The van der Waals surface area contributed by atoms with Crippen LogP contribution < -0.4 is 0 Å². The summed E-state index contributed by atoms with van der Waals surface area (Å²) in [6.07, 6.45) is 4.35. The highest BCUT2D eigenvalue weighted by molar-refractivity contribution is 5.78. The molecular weight excluding hydrogens is 194 g/mol. The minimum absolute atomic E-state index is 0.0693. The van der Waals surface area contributed by atoms with Gasteiger partial charge in [0.1, 0.15) is 0 Å². The van der Waals surface area contributed by atoms with Gasteiger partial charge >= 0.3 is 5.97 Å². The van der Waals surface area contributed by atoms with E-state index in [1.54, 1.807) is 4.90 Å². The fourth-order valence-corrected chi connectivity index (χ4v) is 2.34. The first kappa shape index (κ1) is 10.5. The van der Waals surface area contributed by atoms with Crippen molar-refractivity contribution in [1.82, 2.24) is 4.90 Å². The van der Waals surface area contributed by atoms with Crippen molar-refractivity contribution >= 4 is 11.9 Å². The van der Waals surface area contributed by atoms with Gasteiger partial charge in [-0.05, 0) is 31.1 Å². The molecule has 0 aromatic heterocycles. The molecule has 0 spiro atoms. The molecule has 0 aromatic carbocycles. The second-order valence-electron chi connectivity index (χ2n) is 4.61. The number of carbonyl (C=O) groups is 2. The van der Waals surface area contributed by atoms with E-state index in [0.29, 0.717) is 18.9 Å². The Morgan fingerprint density at radius 3 is 2.60 bits per heavy atom. The van der Waals surface area contributed by atoms with Gasteiger partial charge in [0.05, 0.1) is 6.42 Å². The first-order valence-corrected chi connectivity index (χ1v) is 5.66. The summed E-state index contributed by atoms with van der Waals surface area (Å²) in [6.45, 7) is 1.14. The molecule has 0 bridgehead atoms. The van der Waals surface area contributed by atoms with Gasteiger partial charge in [-0.25, -0.2) is 0 Å². The maximum atomic E-state index is 11.7. The van der Waals surface area contributed by atoms with Gasteiger partial charge in [0.2, 0.25) is 5.91 Å². The summed E-state index contributed by atoms with van der Waals surface area (Å²) >= 11 is 0. The number of aliphatic carboxylic acids is 1. The molecule has 1 aliphatic carbocycles. The molecule has 1 aliphatic heterocycles.